The molecule has 2 N–H and O–H groups in total. The minimum absolute atomic E-state index is 0.0588. The van der Waals surface area contributed by atoms with Gasteiger partial charge in [-0.15, -0.1) is 0 Å². The summed E-state index contributed by atoms with van der Waals surface area (Å²) in [4.78, 5) is 33.2. The van der Waals surface area contributed by atoms with Crippen molar-refractivity contribution in [1.82, 2.24) is 18.7 Å². The average molecular weight is 435 g/mol. The van der Waals surface area contributed by atoms with E-state index in [1.807, 2.05) is 54.8 Å². The number of aromatic nitrogens is 4. The summed E-state index contributed by atoms with van der Waals surface area (Å²) in [6.45, 7) is 6.02. The number of piperidine rings is 1. The molecule has 0 amide bonds. The van der Waals surface area contributed by atoms with Crippen LogP contribution in [0, 0.1) is 0 Å². The summed E-state index contributed by atoms with van der Waals surface area (Å²) in [5.41, 5.74) is 8.32. The lowest BCUT2D eigenvalue weighted by Crippen LogP contribution is -2.44. The van der Waals surface area contributed by atoms with Gasteiger partial charge in [0.25, 0.3) is 5.56 Å². The van der Waals surface area contributed by atoms with Gasteiger partial charge < -0.3 is 15.2 Å². The van der Waals surface area contributed by atoms with Gasteiger partial charge >= 0.3 is 5.69 Å². The summed E-state index contributed by atoms with van der Waals surface area (Å²) >= 11 is 0. The smallest absolute Gasteiger partial charge is 0.336 e. The molecule has 1 saturated heterocycles. The molecule has 2 aromatic heterocycles. The van der Waals surface area contributed by atoms with Crippen molar-refractivity contribution in [1.29, 1.82) is 0 Å². The lowest BCUT2D eigenvalue weighted by Gasteiger charge is -2.31. The number of imidazole rings is 1. The van der Waals surface area contributed by atoms with Gasteiger partial charge in [0.1, 0.15) is 0 Å². The van der Waals surface area contributed by atoms with E-state index < -0.39 is 5.69 Å². The van der Waals surface area contributed by atoms with Crippen LogP contribution in [-0.2, 0) is 13.6 Å². The molecule has 0 aliphatic carbocycles. The van der Waals surface area contributed by atoms with Crippen molar-refractivity contribution in [3.05, 3.63) is 68.4 Å². The highest BCUT2D eigenvalue weighted by Gasteiger charge is 2.25. The predicted molar refractivity (Wildman–Crippen MR) is 130 cm³/mol. The summed E-state index contributed by atoms with van der Waals surface area (Å²) in [6.07, 6.45) is 7.52. The van der Waals surface area contributed by atoms with Crippen molar-refractivity contribution in [2.24, 2.45) is 12.8 Å². The molecule has 1 atom stereocenters. The lowest BCUT2D eigenvalue weighted by molar-refractivity contribution is 0.495. The Hall–Kier alpha value is -3.39. The number of benzene rings is 1. The maximum atomic E-state index is 13.2. The highest BCUT2D eigenvalue weighted by Crippen LogP contribution is 2.23. The third-order valence-electron chi connectivity index (χ3n) is 5.80. The van der Waals surface area contributed by atoms with Crippen molar-refractivity contribution < 1.29 is 0 Å². The standard InChI is InChI=1S/C24H30N6O2/c1-17(2)11-14-29-20-21(26-23(29)28-13-7-10-19(25)16-28)30(24(32)27(3)22(20)31)15-12-18-8-5-4-6-9-18/h4-6,8-9,11-12,15,19H,7,10,13-14,16,25H2,1-3H3. The Balaban J connectivity index is 1.96. The summed E-state index contributed by atoms with van der Waals surface area (Å²) < 4.78 is 4.51. The quantitative estimate of drug-likeness (QED) is 0.623. The zero-order chi connectivity index (χ0) is 22.8. The minimum Gasteiger partial charge on any atom is -0.341 e. The van der Waals surface area contributed by atoms with Crippen molar-refractivity contribution >= 4 is 29.4 Å². The van der Waals surface area contributed by atoms with Gasteiger partial charge in [-0.1, -0.05) is 42.0 Å². The van der Waals surface area contributed by atoms with E-state index >= 15 is 0 Å². The van der Waals surface area contributed by atoms with Gasteiger partial charge in [0, 0.05) is 38.9 Å². The molecule has 1 aliphatic heterocycles. The third-order valence-corrected chi connectivity index (χ3v) is 5.80. The van der Waals surface area contributed by atoms with Crippen LogP contribution in [0.2, 0.25) is 0 Å². The molecule has 1 fully saturated rings. The Morgan fingerprint density at radius 3 is 2.66 bits per heavy atom. The van der Waals surface area contributed by atoms with E-state index in [0.29, 0.717) is 30.2 Å². The van der Waals surface area contributed by atoms with E-state index in [4.69, 9.17) is 10.7 Å². The van der Waals surface area contributed by atoms with E-state index in [1.54, 1.807) is 6.20 Å². The molecule has 8 nitrogen and oxygen atoms in total. The Bertz CT molecular complexity index is 1290. The van der Waals surface area contributed by atoms with Crippen molar-refractivity contribution in [2.45, 2.75) is 39.3 Å². The SMILES string of the molecule is CC(C)=CCn1c(N2CCCC(N)C2)nc2c1c(=O)n(C)c(=O)n2C=Cc1ccccc1. The first-order valence-corrected chi connectivity index (χ1v) is 11.0. The molecular formula is C24H30N6O2. The largest absolute Gasteiger partial charge is 0.341 e. The van der Waals surface area contributed by atoms with Crippen LogP contribution in [-0.4, -0.2) is 37.8 Å². The predicted octanol–water partition coefficient (Wildman–Crippen LogP) is 2.42. The number of anilines is 1. The van der Waals surface area contributed by atoms with E-state index in [9.17, 15) is 9.59 Å². The van der Waals surface area contributed by atoms with E-state index in [2.05, 4.69) is 11.0 Å². The fraction of sp³-hybridized carbons (Fsp3) is 0.375. The molecule has 3 heterocycles. The highest BCUT2D eigenvalue weighted by atomic mass is 16.2. The first kappa shape index (κ1) is 21.8. The maximum Gasteiger partial charge on any atom is 0.336 e. The first-order valence-electron chi connectivity index (χ1n) is 11.0. The third kappa shape index (κ3) is 4.18. The van der Waals surface area contributed by atoms with Crippen LogP contribution in [0.25, 0.3) is 23.4 Å². The van der Waals surface area contributed by atoms with Gasteiger partial charge in [0.05, 0.1) is 0 Å². The number of fused-ring (bicyclic) bond motifs is 1. The van der Waals surface area contributed by atoms with Gasteiger partial charge in [-0.3, -0.25) is 13.9 Å². The molecule has 1 aliphatic rings. The molecule has 0 saturated carbocycles. The molecule has 32 heavy (non-hydrogen) atoms. The summed E-state index contributed by atoms with van der Waals surface area (Å²) in [6, 6.07) is 9.77. The van der Waals surface area contributed by atoms with E-state index in [-0.39, 0.29) is 11.6 Å². The summed E-state index contributed by atoms with van der Waals surface area (Å²) in [7, 11) is 1.51. The van der Waals surface area contributed by atoms with Crippen molar-refractivity contribution in [3.63, 3.8) is 0 Å². The summed E-state index contributed by atoms with van der Waals surface area (Å²) in [5, 5.41) is 0. The highest BCUT2D eigenvalue weighted by molar-refractivity contribution is 5.78. The number of hydrogen-bond acceptors (Lipinski definition) is 5. The Kier molecular flexibility index (Phi) is 6.14. The first-order chi connectivity index (χ1) is 15.4. The van der Waals surface area contributed by atoms with E-state index in [0.717, 1.165) is 35.1 Å². The van der Waals surface area contributed by atoms with Gasteiger partial charge in [-0.05, 0) is 38.3 Å². The maximum absolute atomic E-state index is 13.2. The van der Waals surface area contributed by atoms with Crippen LogP contribution in [0.15, 0.2) is 51.6 Å². The number of hydrogen-bond donors (Lipinski definition) is 1. The van der Waals surface area contributed by atoms with Crippen LogP contribution in [0.4, 0.5) is 5.95 Å². The van der Waals surface area contributed by atoms with Crippen LogP contribution in [0.3, 0.4) is 0 Å². The second-order valence-electron chi connectivity index (χ2n) is 8.57. The second-order valence-corrected chi connectivity index (χ2v) is 8.57. The van der Waals surface area contributed by atoms with Crippen LogP contribution >= 0.6 is 0 Å². The van der Waals surface area contributed by atoms with Gasteiger partial charge in [-0.25, -0.2) is 4.79 Å². The zero-order valence-corrected chi connectivity index (χ0v) is 18.9. The normalized spacial score (nSPS) is 16.8. The molecular weight excluding hydrogens is 404 g/mol. The van der Waals surface area contributed by atoms with E-state index in [1.165, 1.54) is 11.6 Å². The molecule has 0 bridgehead atoms. The Morgan fingerprint density at radius 2 is 1.97 bits per heavy atom. The molecule has 4 rings (SSSR count). The van der Waals surface area contributed by atoms with Crippen molar-refractivity contribution in [3.8, 4) is 0 Å². The van der Waals surface area contributed by atoms with Crippen LogP contribution in [0.5, 0.6) is 0 Å². The molecule has 3 aromatic rings. The van der Waals surface area contributed by atoms with Gasteiger partial charge in [0.2, 0.25) is 5.95 Å². The molecule has 0 spiro atoms. The average Bonchev–Trinajstić information content (AvgIpc) is 3.16. The lowest BCUT2D eigenvalue weighted by atomic mass is 10.1. The van der Waals surface area contributed by atoms with Crippen LogP contribution < -0.4 is 21.9 Å². The fourth-order valence-electron chi connectivity index (χ4n) is 4.04. The molecule has 0 radical (unpaired) electrons. The van der Waals surface area contributed by atoms with Crippen molar-refractivity contribution in [2.75, 3.05) is 18.0 Å². The molecule has 8 heteroatoms. The number of nitrogens with zero attached hydrogens (tertiary/aromatic N) is 5. The molecule has 1 aromatic carbocycles. The molecule has 168 valence electrons. The summed E-state index contributed by atoms with van der Waals surface area (Å²) in [5.74, 6) is 0.678. The number of nitrogens with two attached hydrogens (primary N) is 1. The fourth-order valence-corrected chi connectivity index (χ4v) is 4.04. The zero-order valence-electron chi connectivity index (χ0n) is 18.9. The van der Waals surface area contributed by atoms with Gasteiger partial charge in [-0.2, -0.15) is 4.98 Å². The minimum atomic E-state index is -0.427. The number of rotatable bonds is 5. The van der Waals surface area contributed by atoms with Gasteiger partial charge in [0.15, 0.2) is 11.2 Å². The second kappa shape index (κ2) is 9.00. The monoisotopic (exact) mass is 434 g/mol. The molecule has 1 unspecified atom stereocenters. The van der Waals surface area contributed by atoms with Crippen LogP contribution in [0.1, 0.15) is 32.3 Å². The Morgan fingerprint density at radius 1 is 1.22 bits per heavy atom. The number of allylic oxidation sites excluding steroid dienone is 2. The Labute approximate surface area is 186 Å². The topological polar surface area (TPSA) is 91.1 Å².